The van der Waals surface area contributed by atoms with Gasteiger partial charge in [-0.1, -0.05) is 18.2 Å². The maximum absolute atomic E-state index is 11.4. The van der Waals surface area contributed by atoms with Crippen molar-refractivity contribution >= 4 is 33.4 Å². The molecule has 3 heterocycles. The van der Waals surface area contributed by atoms with Crippen LogP contribution in [0.25, 0.3) is 21.8 Å². The van der Waals surface area contributed by atoms with E-state index in [-0.39, 0.29) is 5.91 Å². The van der Waals surface area contributed by atoms with Crippen LogP contribution in [-0.2, 0) is 4.79 Å². The molecule has 1 amide bonds. The quantitative estimate of drug-likeness (QED) is 0.744. The Balaban J connectivity index is 1.94. The van der Waals surface area contributed by atoms with E-state index in [9.17, 15) is 4.79 Å². The molecule has 0 unspecified atom stereocenters. The van der Waals surface area contributed by atoms with Gasteiger partial charge in [0.1, 0.15) is 5.69 Å². The van der Waals surface area contributed by atoms with Crippen LogP contribution in [0.2, 0.25) is 0 Å². The zero-order valence-corrected chi connectivity index (χ0v) is 11.6. The fraction of sp³-hybridized carbons (Fsp3) is 0.188. The molecule has 0 radical (unpaired) electrons. The summed E-state index contributed by atoms with van der Waals surface area (Å²) in [6.45, 7) is 2.16. The number of carbonyl (C=O) groups excluding carboxylic acids is 1. The molecule has 0 spiro atoms. The number of nitrogens with one attached hydrogen (secondary N) is 1. The predicted octanol–water partition coefficient (Wildman–Crippen LogP) is 2.67. The highest BCUT2D eigenvalue weighted by molar-refractivity contribution is 6.16. The van der Waals surface area contributed by atoms with Gasteiger partial charge in [-0.2, -0.15) is 5.10 Å². The molecule has 5 heteroatoms. The number of aromatic nitrogens is 2. The van der Waals surface area contributed by atoms with Crippen molar-refractivity contribution in [1.82, 2.24) is 15.0 Å². The molecule has 0 atom stereocenters. The Morgan fingerprint density at radius 2 is 2.10 bits per heavy atom. The van der Waals surface area contributed by atoms with Crippen LogP contribution >= 0.6 is 0 Å². The number of fused-ring (bicyclic) bond motifs is 3. The average molecular weight is 278 g/mol. The van der Waals surface area contributed by atoms with Gasteiger partial charge in [0, 0.05) is 35.8 Å². The van der Waals surface area contributed by atoms with Crippen LogP contribution in [0.5, 0.6) is 0 Å². The predicted molar refractivity (Wildman–Crippen MR) is 82.1 cm³/mol. The summed E-state index contributed by atoms with van der Waals surface area (Å²) in [5.74, 6) is -0.0335. The molecule has 4 rings (SSSR count). The first-order chi connectivity index (χ1) is 10.2. The molecule has 2 aromatic heterocycles. The third kappa shape index (κ3) is 1.81. The topological polar surface area (TPSA) is 61.4 Å². The second-order valence-electron chi connectivity index (χ2n) is 5.19. The Bertz CT molecular complexity index is 894. The number of para-hydroxylation sites is 1. The number of rotatable bonds is 1. The van der Waals surface area contributed by atoms with Crippen molar-refractivity contribution in [3.63, 3.8) is 0 Å². The number of H-pyrrole nitrogens is 1. The van der Waals surface area contributed by atoms with Crippen molar-refractivity contribution in [3.8, 4) is 0 Å². The summed E-state index contributed by atoms with van der Waals surface area (Å²) in [7, 11) is 0. The lowest BCUT2D eigenvalue weighted by Crippen LogP contribution is -2.19. The zero-order chi connectivity index (χ0) is 14.4. The molecule has 3 aromatic rings. The number of hydrazone groups is 1. The fourth-order valence-corrected chi connectivity index (χ4v) is 2.84. The Kier molecular flexibility index (Phi) is 2.54. The molecule has 104 valence electrons. The van der Waals surface area contributed by atoms with E-state index in [1.165, 1.54) is 17.3 Å². The lowest BCUT2D eigenvalue weighted by molar-refractivity contribution is -0.128. The summed E-state index contributed by atoms with van der Waals surface area (Å²) in [5.41, 5.74) is 3.78. The van der Waals surface area contributed by atoms with Crippen LogP contribution in [-0.4, -0.2) is 33.1 Å². The van der Waals surface area contributed by atoms with Crippen molar-refractivity contribution in [2.75, 3.05) is 6.54 Å². The van der Waals surface area contributed by atoms with Crippen LogP contribution in [0.3, 0.4) is 0 Å². The third-order valence-corrected chi connectivity index (χ3v) is 3.87. The van der Waals surface area contributed by atoms with E-state index in [0.717, 1.165) is 34.2 Å². The van der Waals surface area contributed by atoms with Crippen LogP contribution in [0.1, 0.15) is 19.0 Å². The summed E-state index contributed by atoms with van der Waals surface area (Å²) in [6.07, 6.45) is 2.54. The van der Waals surface area contributed by atoms with Crippen LogP contribution in [0.15, 0.2) is 41.6 Å². The molecule has 1 N–H and O–H groups in total. The normalized spacial score (nSPS) is 14.9. The Morgan fingerprint density at radius 1 is 1.24 bits per heavy atom. The van der Waals surface area contributed by atoms with Gasteiger partial charge in [-0.25, -0.2) is 5.01 Å². The van der Waals surface area contributed by atoms with E-state index in [1.54, 1.807) is 6.20 Å². The number of amides is 1. The van der Waals surface area contributed by atoms with Gasteiger partial charge in [0.05, 0.1) is 17.8 Å². The molecule has 0 saturated heterocycles. The van der Waals surface area contributed by atoms with E-state index in [4.69, 9.17) is 0 Å². The fourth-order valence-electron chi connectivity index (χ4n) is 2.84. The number of pyridine rings is 1. The van der Waals surface area contributed by atoms with Crippen LogP contribution in [0.4, 0.5) is 0 Å². The molecule has 21 heavy (non-hydrogen) atoms. The van der Waals surface area contributed by atoms with E-state index < -0.39 is 0 Å². The highest BCUT2D eigenvalue weighted by Crippen LogP contribution is 2.28. The Morgan fingerprint density at radius 3 is 2.90 bits per heavy atom. The lowest BCUT2D eigenvalue weighted by atomic mass is 10.1. The van der Waals surface area contributed by atoms with Crippen molar-refractivity contribution in [1.29, 1.82) is 0 Å². The highest BCUT2D eigenvalue weighted by atomic mass is 16.2. The third-order valence-electron chi connectivity index (χ3n) is 3.87. The molecule has 0 bridgehead atoms. The van der Waals surface area contributed by atoms with Gasteiger partial charge in [-0.3, -0.25) is 9.78 Å². The molecule has 5 nitrogen and oxygen atoms in total. The van der Waals surface area contributed by atoms with Crippen LogP contribution in [0, 0.1) is 0 Å². The maximum Gasteiger partial charge on any atom is 0.239 e. The monoisotopic (exact) mass is 278 g/mol. The standard InChI is InChI=1S/C16H14N4O/c1-10(21)20-9-7-14(19-20)16-15-12(6-8-17-16)11-4-2-3-5-13(11)18-15/h2-6,8,18H,7,9H2,1H3. The summed E-state index contributed by atoms with van der Waals surface area (Å²) in [6, 6.07) is 10.2. The molecule has 0 fully saturated rings. The number of aromatic amines is 1. The van der Waals surface area contributed by atoms with Gasteiger partial charge in [0.2, 0.25) is 5.91 Å². The molecule has 0 saturated carbocycles. The smallest absolute Gasteiger partial charge is 0.239 e. The van der Waals surface area contributed by atoms with E-state index in [0.29, 0.717) is 6.54 Å². The van der Waals surface area contributed by atoms with Crippen molar-refractivity contribution < 1.29 is 4.79 Å². The van der Waals surface area contributed by atoms with Crippen molar-refractivity contribution in [2.45, 2.75) is 13.3 Å². The van der Waals surface area contributed by atoms with Crippen molar-refractivity contribution in [3.05, 3.63) is 42.2 Å². The average Bonchev–Trinajstić information content (AvgIpc) is 3.11. The van der Waals surface area contributed by atoms with E-state index in [2.05, 4.69) is 27.2 Å². The second-order valence-corrected chi connectivity index (χ2v) is 5.19. The summed E-state index contributed by atoms with van der Waals surface area (Å²) in [4.78, 5) is 19.3. The van der Waals surface area contributed by atoms with Gasteiger partial charge >= 0.3 is 0 Å². The molecule has 0 aliphatic carbocycles. The molecule has 1 aliphatic heterocycles. The minimum Gasteiger partial charge on any atom is -0.353 e. The number of carbonyl (C=O) groups is 1. The second kappa shape index (κ2) is 4.41. The Hall–Kier alpha value is -2.69. The van der Waals surface area contributed by atoms with Gasteiger partial charge in [0.25, 0.3) is 0 Å². The van der Waals surface area contributed by atoms with E-state index in [1.807, 2.05) is 18.2 Å². The first-order valence-corrected chi connectivity index (χ1v) is 6.95. The zero-order valence-electron chi connectivity index (χ0n) is 11.6. The number of hydrogen-bond donors (Lipinski definition) is 1. The minimum absolute atomic E-state index is 0.0335. The van der Waals surface area contributed by atoms with Crippen LogP contribution < -0.4 is 0 Å². The highest BCUT2D eigenvalue weighted by Gasteiger charge is 2.22. The number of hydrogen-bond acceptors (Lipinski definition) is 3. The number of nitrogens with zero attached hydrogens (tertiary/aromatic N) is 3. The molecular formula is C16H14N4O. The van der Waals surface area contributed by atoms with Gasteiger partial charge in [-0.05, 0) is 12.1 Å². The van der Waals surface area contributed by atoms with Gasteiger partial charge in [0.15, 0.2) is 0 Å². The first-order valence-electron chi connectivity index (χ1n) is 6.95. The Labute approximate surface area is 121 Å². The summed E-state index contributed by atoms with van der Waals surface area (Å²) >= 11 is 0. The van der Waals surface area contributed by atoms with Gasteiger partial charge < -0.3 is 4.98 Å². The van der Waals surface area contributed by atoms with Crippen molar-refractivity contribution in [2.24, 2.45) is 5.10 Å². The maximum atomic E-state index is 11.4. The largest absolute Gasteiger partial charge is 0.353 e. The molecule has 1 aromatic carbocycles. The SMILES string of the molecule is CC(=O)N1CCC(c2nccc3c2[nH]c2ccccc23)=N1. The number of benzene rings is 1. The van der Waals surface area contributed by atoms with Gasteiger partial charge in [-0.15, -0.1) is 0 Å². The molecular weight excluding hydrogens is 264 g/mol. The lowest BCUT2D eigenvalue weighted by Gasteiger charge is -2.05. The summed E-state index contributed by atoms with van der Waals surface area (Å²) < 4.78 is 0. The van der Waals surface area contributed by atoms with E-state index >= 15 is 0 Å². The molecule has 1 aliphatic rings. The first kappa shape index (κ1) is 12.1. The summed E-state index contributed by atoms with van der Waals surface area (Å²) in [5, 5.41) is 8.21. The minimum atomic E-state index is -0.0335.